The Morgan fingerprint density at radius 2 is 2.24 bits per heavy atom. The molecule has 0 bridgehead atoms. The van der Waals surface area contributed by atoms with E-state index < -0.39 is 11.9 Å². The minimum Gasteiger partial charge on any atom is -0.481 e. The van der Waals surface area contributed by atoms with Crippen molar-refractivity contribution in [2.75, 3.05) is 11.4 Å². The van der Waals surface area contributed by atoms with Crippen molar-refractivity contribution >= 4 is 17.7 Å². The van der Waals surface area contributed by atoms with Gasteiger partial charge in [0.1, 0.15) is 5.82 Å². The fraction of sp³-hybridized carbons (Fsp3) is 0.214. The van der Waals surface area contributed by atoms with Gasteiger partial charge in [-0.05, 0) is 12.1 Å². The Hall–Kier alpha value is -2.70. The number of carbonyl (C=O) groups excluding carboxylic acids is 1. The summed E-state index contributed by atoms with van der Waals surface area (Å²) in [6.07, 6.45) is -0.0303. The van der Waals surface area contributed by atoms with Crippen LogP contribution in [0.5, 0.6) is 0 Å². The quantitative estimate of drug-likeness (QED) is 0.899. The molecule has 3 rings (SSSR count). The number of halogens is 1. The zero-order valence-electron chi connectivity index (χ0n) is 10.9. The van der Waals surface area contributed by atoms with E-state index in [1.165, 1.54) is 17.0 Å². The van der Waals surface area contributed by atoms with Gasteiger partial charge < -0.3 is 5.11 Å². The number of carbonyl (C=O) groups is 2. The van der Waals surface area contributed by atoms with E-state index in [0.717, 1.165) is 0 Å². The molecular formula is C14H12FN3O3. The lowest BCUT2D eigenvalue weighted by Gasteiger charge is -2.11. The molecule has 1 aromatic heterocycles. The normalized spacial score (nSPS) is 18.2. The van der Waals surface area contributed by atoms with E-state index in [-0.39, 0.29) is 24.7 Å². The number of aromatic nitrogens is 2. The van der Waals surface area contributed by atoms with Crippen LogP contribution in [0.2, 0.25) is 0 Å². The molecule has 1 amide bonds. The highest BCUT2D eigenvalue weighted by atomic mass is 19.1. The minimum absolute atomic E-state index is 0.0303. The Kier molecular flexibility index (Phi) is 3.17. The molecule has 0 aliphatic carbocycles. The standard InChI is InChI=1S/C14H12FN3O3/c15-10-3-1-2-8(4-10)11-6-12(17-16-11)18-7-9(14(20)21)5-13(18)19/h1-4,6,9H,5,7H2,(H,16,17)(H,20,21). The Bertz CT molecular complexity index is 713. The SMILES string of the molecule is O=C(O)C1CC(=O)N(c2cc(-c3cccc(F)c3)[nH]n2)C1. The molecule has 6 nitrogen and oxygen atoms in total. The number of aliphatic carboxylic acids is 1. The van der Waals surface area contributed by atoms with Crippen molar-refractivity contribution in [3.8, 4) is 11.3 Å². The molecule has 0 radical (unpaired) electrons. The van der Waals surface area contributed by atoms with Crippen LogP contribution in [0, 0.1) is 11.7 Å². The summed E-state index contributed by atoms with van der Waals surface area (Å²) >= 11 is 0. The third kappa shape index (κ3) is 2.49. The summed E-state index contributed by atoms with van der Waals surface area (Å²) in [5.41, 5.74) is 1.17. The second-order valence-electron chi connectivity index (χ2n) is 4.89. The first-order chi connectivity index (χ1) is 10.0. The second kappa shape index (κ2) is 5.01. The van der Waals surface area contributed by atoms with Crippen molar-refractivity contribution in [2.24, 2.45) is 5.92 Å². The van der Waals surface area contributed by atoms with Gasteiger partial charge in [0.15, 0.2) is 5.82 Å². The monoisotopic (exact) mass is 289 g/mol. The first kappa shape index (κ1) is 13.3. The van der Waals surface area contributed by atoms with E-state index in [2.05, 4.69) is 10.2 Å². The molecule has 2 aromatic rings. The number of rotatable bonds is 3. The lowest BCUT2D eigenvalue weighted by Crippen LogP contribution is -2.26. The molecule has 1 aromatic carbocycles. The number of amides is 1. The number of H-pyrrole nitrogens is 1. The van der Waals surface area contributed by atoms with Crippen LogP contribution in [0.3, 0.4) is 0 Å². The summed E-state index contributed by atoms with van der Waals surface area (Å²) in [6, 6.07) is 7.58. The third-order valence-electron chi connectivity index (χ3n) is 3.45. The molecule has 2 heterocycles. The van der Waals surface area contributed by atoms with Gasteiger partial charge in [0, 0.05) is 24.6 Å². The smallest absolute Gasteiger partial charge is 0.308 e. The first-order valence-corrected chi connectivity index (χ1v) is 6.39. The maximum atomic E-state index is 13.2. The predicted octanol–water partition coefficient (Wildman–Crippen LogP) is 1.65. The summed E-state index contributed by atoms with van der Waals surface area (Å²) in [5, 5.41) is 15.7. The molecule has 1 saturated heterocycles. The number of benzene rings is 1. The number of hydrogen-bond donors (Lipinski definition) is 2. The maximum Gasteiger partial charge on any atom is 0.308 e. The number of nitrogens with zero attached hydrogens (tertiary/aromatic N) is 2. The van der Waals surface area contributed by atoms with Gasteiger partial charge in [-0.15, -0.1) is 0 Å². The summed E-state index contributed by atoms with van der Waals surface area (Å²) in [7, 11) is 0. The van der Waals surface area contributed by atoms with Gasteiger partial charge in [-0.25, -0.2) is 4.39 Å². The van der Waals surface area contributed by atoms with Gasteiger partial charge >= 0.3 is 5.97 Å². The fourth-order valence-corrected chi connectivity index (χ4v) is 2.35. The Labute approximate surface area is 119 Å². The van der Waals surface area contributed by atoms with E-state index in [1.54, 1.807) is 18.2 Å². The maximum absolute atomic E-state index is 13.2. The van der Waals surface area contributed by atoms with Gasteiger partial charge in [-0.1, -0.05) is 12.1 Å². The van der Waals surface area contributed by atoms with Crippen LogP contribution in [0.1, 0.15) is 6.42 Å². The molecule has 2 N–H and O–H groups in total. The molecule has 108 valence electrons. The van der Waals surface area contributed by atoms with Gasteiger partial charge in [-0.2, -0.15) is 5.10 Å². The molecular weight excluding hydrogens is 277 g/mol. The van der Waals surface area contributed by atoms with Crippen LogP contribution in [0.15, 0.2) is 30.3 Å². The predicted molar refractivity (Wildman–Crippen MR) is 72.1 cm³/mol. The topological polar surface area (TPSA) is 86.3 Å². The third-order valence-corrected chi connectivity index (χ3v) is 3.45. The van der Waals surface area contributed by atoms with Crippen molar-refractivity contribution in [2.45, 2.75) is 6.42 Å². The number of nitrogens with one attached hydrogen (secondary N) is 1. The van der Waals surface area contributed by atoms with E-state index in [4.69, 9.17) is 5.11 Å². The van der Waals surface area contributed by atoms with Crippen molar-refractivity contribution in [1.82, 2.24) is 10.2 Å². The van der Waals surface area contributed by atoms with Gasteiger partial charge in [0.05, 0.1) is 11.6 Å². The number of carboxylic acids is 1. The van der Waals surface area contributed by atoms with E-state index in [0.29, 0.717) is 17.1 Å². The average molecular weight is 289 g/mol. The molecule has 0 spiro atoms. The average Bonchev–Trinajstić information content (AvgIpc) is 3.05. The van der Waals surface area contributed by atoms with Crippen LogP contribution >= 0.6 is 0 Å². The highest BCUT2D eigenvalue weighted by molar-refractivity contribution is 5.98. The second-order valence-corrected chi connectivity index (χ2v) is 4.89. The molecule has 1 aliphatic rings. The number of hydrogen-bond acceptors (Lipinski definition) is 3. The summed E-state index contributed by atoms with van der Waals surface area (Å²) in [5.74, 6) is -2.01. The van der Waals surface area contributed by atoms with E-state index in [1.807, 2.05) is 0 Å². The van der Waals surface area contributed by atoms with E-state index >= 15 is 0 Å². The van der Waals surface area contributed by atoms with Crippen molar-refractivity contribution in [1.29, 1.82) is 0 Å². The van der Waals surface area contributed by atoms with Crippen LogP contribution in [-0.2, 0) is 9.59 Å². The Balaban J connectivity index is 1.86. The van der Waals surface area contributed by atoms with Gasteiger partial charge in [0.25, 0.3) is 0 Å². The molecule has 1 aliphatic heterocycles. The largest absolute Gasteiger partial charge is 0.481 e. The zero-order valence-corrected chi connectivity index (χ0v) is 10.9. The van der Waals surface area contributed by atoms with Crippen LogP contribution in [0.25, 0.3) is 11.3 Å². The summed E-state index contributed by atoms with van der Waals surface area (Å²) in [6.45, 7) is 0.0988. The molecule has 1 atom stereocenters. The van der Waals surface area contributed by atoms with E-state index in [9.17, 15) is 14.0 Å². The lowest BCUT2D eigenvalue weighted by atomic mass is 10.1. The highest BCUT2D eigenvalue weighted by Gasteiger charge is 2.36. The van der Waals surface area contributed by atoms with Crippen LogP contribution in [-0.4, -0.2) is 33.7 Å². The molecule has 7 heteroatoms. The highest BCUT2D eigenvalue weighted by Crippen LogP contribution is 2.27. The molecule has 21 heavy (non-hydrogen) atoms. The lowest BCUT2D eigenvalue weighted by molar-refractivity contribution is -0.141. The van der Waals surface area contributed by atoms with Crippen LogP contribution < -0.4 is 4.90 Å². The fourth-order valence-electron chi connectivity index (χ4n) is 2.35. The minimum atomic E-state index is -0.994. The van der Waals surface area contributed by atoms with Gasteiger partial charge in [0.2, 0.25) is 5.91 Å². The Morgan fingerprint density at radius 3 is 2.90 bits per heavy atom. The number of anilines is 1. The zero-order chi connectivity index (χ0) is 15.0. The summed E-state index contributed by atoms with van der Waals surface area (Å²) in [4.78, 5) is 24.1. The molecule has 1 fully saturated rings. The number of aromatic amines is 1. The van der Waals surface area contributed by atoms with Crippen molar-refractivity contribution < 1.29 is 19.1 Å². The summed E-state index contributed by atoms with van der Waals surface area (Å²) < 4.78 is 13.2. The Morgan fingerprint density at radius 1 is 1.43 bits per heavy atom. The van der Waals surface area contributed by atoms with Crippen LogP contribution in [0.4, 0.5) is 10.2 Å². The number of carboxylic acid groups (broad SMARTS) is 1. The first-order valence-electron chi connectivity index (χ1n) is 6.39. The van der Waals surface area contributed by atoms with Crippen molar-refractivity contribution in [3.63, 3.8) is 0 Å². The molecule has 0 saturated carbocycles. The van der Waals surface area contributed by atoms with Gasteiger partial charge in [-0.3, -0.25) is 19.6 Å². The van der Waals surface area contributed by atoms with Crippen molar-refractivity contribution in [3.05, 3.63) is 36.1 Å². The molecule has 1 unspecified atom stereocenters.